The van der Waals surface area contributed by atoms with Gasteiger partial charge in [-0.1, -0.05) is 34.4 Å². The Morgan fingerprint density at radius 3 is 1.82 bits per heavy atom. The Hall–Kier alpha value is 1.75. The SMILES string of the molecule is C1CCC2SSSSSC2C1. The first-order valence-corrected chi connectivity index (χ1v) is 10.1. The molecule has 0 nitrogen and oxygen atoms in total. The van der Waals surface area contributed by atoms with E-state index in [0.717, 1.165) is 10.5 Å². The van der Waals surface area contributed by atoms with Crippen molar-refractivity contribution in [2.45, 2.75) is 36.2 Å². The Kier molecular flexibility index (Phi) is 4.10. The molecule has 0 aromatic carbocycles. The van der Waals surface area contributed by atoms with E-state index < -0.39 is 0 Å². The quantitative estimate of drug-likeness (QED) is 0.566. The summed E-state index contributed by atoms with van der Waals surface area (Å²) in [5.41, 5.74) is 0. The van der Waals surface area contributed by atoms with Crippen molar-refractivity contribution in [2.24, 2.45) is 0 Å². The van der Waals surface area contributed by atoms with E-state index >= 15 is 0 Å². The predicted molar refractivity (Wildman–Crippen MR) is 64.0 cm³/mol. The van der Waals surface area contributed by atoms with Crippen molar-refractivity contribution < 1.29 is 0 Å². The number of hydrogen-bond donors (Lipinski definition) is 0. The van der Waals surface area contributed by atoms with Crippen LogP contribution in [0.25, 0.3) is 0 Å². The Morgan fingerprint density at radius 1 is 0.727 bits per heavy atom. The van der Waals surface area contributed by atoms with Gasteiger partial charge in [-0.15, -0.1) is 0 Å². The molecule has 0 amide bonds. The largest absolute Gasteiger partial charge is 0.0771 e. The molecule has 1 saturated heterocycles. The van der Waals surface area contributed by atoms with Crippen molar-refractivity contribution in [1.29, 1.82) is 0 Å². The highest BCUT2D eigenvalue weighted by Gasteiger charge is 2.28. The topological polar surface area (TPSA) is 0 Å². The number of rotatable bonds is 0. The van der Waals surface area contributed by atoms with Crippen LogP contribution in [0.4, 0.5) is 0 Å². The van der Waals surface area contributed by atoms with Crippen LogP contribution in [0.15, 0.2) is 0 Å². The van der Waals surface area contributed by atoms with Crippen LogP contribution in [-0.2, 0) is 0 Å². The minimum absolute atomic E-state index is 0.946. The maximum atomic E-state index is 2.11. The Morgan fingerprint density at radius 2 is 1.27 bits per heavy atom. The number of hydrogen-bond acceptors (Lipinski definition) is 5. The lowest BCUT2D eigenvalue weighted by Crippen LogP contribution is -2.22. The Labute approximate surface area is 86.8 Å². The zero-order chi connectivity index (χ0) is 7.52. The van der Waals surface area contributed by atoms with Gasteiger partial charge in [-0.25, -0.2) is 0 Å². The first-order chi connectivity index (χ1) is 5.47. The maximum absolute atomic E-state index is 2.11. The molecule has 1 heterocycles. The molecule has 64 valence electrons. The molecule has 11 heavy (non-hydrogen) atoms. The van der Waals surface area contributed by atoms with Crippen molar-refractivity contribution in [3.05, 3.63) is 0 Å². The van der Waals surface area contributed by atoms with Crippen LogP contribution in [0.5, 0.6) is 0 Å². The van der Waals surface area contributed by atoms with Crippen molar-refractivity contribution in [3.8, 4) is 0 Å². The summed E-state index contributed by atoms with van der Waals surface area (Å²) in [7, 11) is 10.1. The summed E-state index contributed by atoms with van der Waals surface area (Å²) in [5.74, 6) is 0. The van der Waals surface area contributed by atoms with Gasteiger partial charge in [0.25, 0.3) is 0 Å². The third-order valence-corrected chi connectivity index (χ3v) is 11.8. The summed E-state index contributed by atoms with van der Waals surface area (Å²) in [6.07, 6.45) is 5.84. The average molecular weight is 242 g/mol. The fraction of sp³-hybridized carbons (Fsp3) is 1.00. The van der Waals surface area contributed by atoms with E-state index in [1.54, 1.807) is 0 Å². The fourth-order valence-electron chi connectivity index (χ4n) is 1.43. The smallest absolute Gasteiger partial charge is 0.0287 e. The van der Waals surface area contributed by atoms with Crippen LogP contribution in [0.2, 0.25) is 0 Å². The maximum Gasteiger partial charge on any atom is 0.0287 e. The molecule has 1 saturated carbocycles. The fourth-order valence-corrected chi connectivity index (χ4v) is 12.5. The van der Waals surface area contributed by atoms with Gasteiger partial charge in [0.1, 0.15) is 0 Å². The molecule has 0 aromatic rings. The van der Waals surface area contributed by atoms with Crippen LogP contribution in [0, 0.1) is 0 Å². The summed E-state index contributed by atoms with van der Waals surface area (Å²) < 4.78 is 0. The van der Waals surface area contributed by atoms with Gasteiger partial charge in [0.15, 0.2) is 0 Å². The third-order valence-electron chi connectivity index (χ3n) is 2.02. The normalized spacial score (nSPS) is 39.3. The van der Waals surface area contributed by atoms with Gasteiger partial charge in [0, 0.05) is 10.5 Å². The van der Waals surface area contributed by atoms with Crippen molar-refractivity contribution in [2.75, 3.05) is 0 Å². The highest BCUT2D eigenvalue weighted by Crippen LogP contribution is 2.59. The molecule has 2 fully saturated rings. The highest BCUT2D eigenvalue weighted by molar-refractivity contribution is 9.36. The minimum Gasteiger partial charge on any atom is -0.0771 e. The monoisotopic (exact) mass is 242 g/mol. The van der Waals surface area contributed by atoms with E-state index in [4.69, 9.17) is 0 Å². The Balaban J connectivity index is 1.93. The zero-order valence-electron chi connectivity index (χ0n) is 6.02. The molecule has 1 aliphatic heterocycles. The molecule has 2 rings (SSSR count). The molecule has 5 heteroatoms. The summed E-state index contributed by atoms with van der Waals surface area (Å²) >= 11 is 0. The van der Waals surface area contributed by atoms with Crippen molar-refractivity contribution >= 4 is 51.1 Å². The molecule has 0 radical (unpaired) electrons. The second-order valence-electron chi connectivity index (χ2n) is 2.76. The van der Waals surface area contributed by atoms with E-state index in [2.05, 4.69) is 21.6 Å². The molecule has 2 aliphatic rings. The molecular formula is C6H10S5. The standard InChI is InChI=1S/C6H10S5/c1-2-4-6-5(3-1)7-9-11-10-8-6/h5-6H,1-4H2. The van der Waals surface area contributed by atoms with Crippen LogP contribution in [0.3, 0.4) is 0 Å². The molecule has 1 aliphatic carbocycles. The lowest BCUT2D eigenvalue weighted by atomic mass is 10.00. The van der Waals surface area contributed by atoms with E-state index in [9.17, 15) is 0 Å². The minimum atomic E-state index is 0.946. The summed E-state index contributed by atoms with van der Waals surface area (Å²) in [5, 5.41) is 1.89. The van der Waals surface area contributed by atoms with Gasteiger partial charge in [-0.3, -0.25) is 0 Å². The van der Waals surface area contributed by atoms with Crippen LogP contribution in [-0.4, -0.2) is 10.5 Å². The van der Waals surface area contributed by atoms with Gasteiger partial charge >= 0.3 is 0 Å². The number of fused-ring (bicyclic) bond motifs is 1. The predicted octanol–water partition coefficient (Wildman–Crippen LogP) is 4.64. The molecule has 0 N–H and O–H groups in total. The van der Waals surface area contributed by atoms with E-state index in [1.807, 2.05) is 29.5 Å². The molecular weight excluding hydrogens is 232 g/mol. The van der Waals surface area contributed by atoms with Gasteiger partial charge in [-0.05, 0) is 42.3 Å². The molecule has 2 unspecified atom stereocenters. The van der Waals surface area contributed by atoms with Gasteiger partial charge in [0.05, 0.1) is 0 Å². The lowest BCUT2D eigenvalue weighted by molar-refractivity contribution is 0.531. The lowest BCUT2D eigenvalue weighted by Gasteiger charge is -2.26. The van der Waals surface area contributed by atoms with Gasteiger partial charge < -0.3 is 0 Å². The first kappa shape index (κ1) is 9.31. The van der Waals surface area contributed by atoms with Gasteiger partial charge in [0.2, 0.25) is 0 Å². The van der Waals surface area contributed by atoms with Crippen LogP contribution in [0.1, 0.15) is 25.7 Å². The third kappa shape index (κ3) is 2.59. The molecule has 0 aromatic heterocycles. The van der Waals surface area contributed by atoms with E-state index in [1.165, 1.54) is 25.7 Å². The summed E-state index contributed by atoms with van der Waals surface area (Å²) in [6.45, 7) is 0. The second kappa shape index (κ2) is 4.84. The second-order valence-corrected chi connectivity index (χ2v) is 10.8. The molecule has 0 bridgehead atoms. The average Bonchev–Trinajstić information content (AvgIpc) is 2.28. The Bertz CT molecular complexity index is 114. The van der Waals surface area contributed by atoms with Crippen LogP contribution < -0.4 is 0 Å². The highest BCUT2D eigenvalue weighted by atomic mass is 33.8. The summed E-state index contributed by atoms with van der Waals surface area (Å²) in [4.78, 5) is 0. The molecule has 2 atom stereocenters. The first-order valence-electron chi connectivity index (χ1n) is 3.79. The van der Waals surface area contributed by atoms with Crippen molar-refractivity contribution in [3.63, 3.8) is 0 Å². The zero-order valence-corrected chi connectivity index (χ0v) is 10.1. The van der Waals surface area contributed by atoms with Gasteiger partial charge in [-0.2, -0.15) is 0 Å². The van der Waals surface area contributed by atoms with E-state index in [-0.39, 0.29) is 0 Å². The van der Waals surface area contributed by atoms with Crippen molar-refractivity contribution in [1.82, 2.24) is 0 Å². The molecule has 0 spiro atoms. The van der Waals surface area contributed by atoms with E-state index in [0.29, 0.717) is 0 Å². The van der Waals surface area contributed by atoms with Crippen LogP contribution >= 0.6 is 51.1 Å². The summed E-state index contributed by atoms with van der Waals surface area (Å²) in [6, 6.07) is 0.